The van der Waals surface area contributed by atoms with Crippen LogP contribution >= 0.6 is 0 Å². The van der Waals surface area contributed by atoms with E-state index in [0.717, 1.165) is 6.42 Å². The Balaban J connectivity index is 2.04. The van der Waals surface area contributed by atoms with Crippen LogP contribution in [-0.4, -0.2) is 27.0 Å². The molecule has 3 heteroatoms. The van der Waals surface area contributed by atoms with Crippen LogP contribution in [0.25, 0.3) is 0 Å². The summed E-state index contributed by atoms with van der Waals surface area (Å²) in [6.07, 6.45) is 3.51. The molecule has 2 nitrogen and oxygen atoms in total. The number of ether oxygens (including phenoxy) is 1. The Morgan fingerprint density at radius 2 is 1.90 bits per heavy atom. The van der Waals surface area contributed by atoms with Gasteiger partial charge in [-0.15, -0.1) is 0 Å². The predicted octanol–water partition coefficient (Wildman–Crippen LogP) is 3.68. The van der Waals surface area contributed by atoms with Crippen molar-refractivity contribution >= 4 is 25.4 Å². The maximum absolute atomic E-state index is 12.4. The van der Waals surface area contributed by atoms with Crippen molar-refractivity contribution in [2.24, 2.45) is 17.8 Å². The van der Waals surface area contributed by atoms with Crippen LogP contribution in [0.2, 0.25) is 5.82 Å². The first-order chi connectivity index (χ1) is 10.0. The molecule has 1 aromatic rings. The molecule has 1 aliphatic rings. The summed E-state index contributed by atoms with van der Waals surface area (Å²) in [6.45, 7) is 6.73. The fourth-order valence-corrected chi connectivity index (χ4v) is 4.04. The Morgan fingerprint density at radius 3 is 2.48 bits per heavy atom. The summed E-state index contributed by atoms with van der Waals surface area (Å²) in [7, 11) is 0. The molecule has 2 rings (SSSR count). The van der Waals surface area contributed by atoms with Gasteiger partial charge < -0.3 is 0 Å². The zero-order valence-electron chi connectivity index (χ0n) is 13.5. The van der Waals surface area contributed by atoms with E-state index in [1.807, 2.05) is 24.3 Å². The van der Waals surface area contributed by atoms with Gasteiger partial charge in [0.05, 0.1) is 0 Å². The second-order valence-electron chi connectivity index (χ2n) is 6.50. The van der Waals surface area contributed by atoms with E-state index >= 15 is 0 Å². The van der Waals surface area contributed by atoms with Gasteiger partial charge in [0.25, 0.3) is 0 Å². The molecular weight excluding hydrogens is 327 g/mol. The predicted molar refractivity (Wildman–Crippen MR) is 88.2 cm³/mol. The van der Waals surface area contributed by atoms with Crippen molar-refractivity contribution in [1.29, 1.82) is 0 Å². The molecule has 0 N–H and O–H groups in total. The summed E-state index contributed by atoms with van der Waals surface area (Å²) in [4.78, 5) is 12.4. The second-order valence-corrected chi connectivity index (χ2v) is 8.34. The van der Waals surface area contributed by atoms with E-state index in [9.17, 15) is 4.79 Å². The third-order valence-corrected chi connectivity index (χ3v) is 6.11. The molecule has 1 aliphatic carbocycles. The second kappa shape index (κ2) is 7.47. The van der Waals surface area contributed by atoms with Crippen LogP contribution in [0, 0.1) is 17.8 Å². The zero-order chi connectivity index (χ0) is 15.4. The van der Waals surface area contributed by atoms with Crippen molar-refractivity contribution in [2.75, 3.05) is 0 Å². The summed E-state index contributed by atoms with van der Waals surface area (Å²) in [5, 5.41) is 0. The summed E-state index contributed by atoms with van der Waals surface area (Å²) in [5.41, 5.74) is 0.684. The monoisotopic (exact) mass is 354 g/mol. The Kier molecular flexibility index (Phi) is 5.89. The quantitative estimate of drug-likeness (QED) is 0.610. The van der Waals surface area contributed by atoms with E-state index in [0.29, 0.717) is 38.3 Å². The van der Waals surface area contributed by atoms with E-state index in [-0.39, 0.29) is 12.1 Å². The number of hydrogen-bond donors (Lipinski definition) is 0. The Hall–Kier alpha value is -0.791. The first kappa shape index (κ1) is 16.6. The standard InChI is InChI=1S/C18H26O2Se/c1-12(2)16-10-5-13(3)11-17(16)20-18(19)14-6-8-15(21-4)9-7-14/h6-9,12-13,16-17H,5,10-11H2,1-4H3/t13-,16+,17-/m1/s1. The van der Waals surface area contributed by atoms with Gasteiger partial charge in [0.15, 0.2) is 0 Å². The van der Waals surface area contributed by atoms with Gasteiger partial charge in [-0.2, -0.15) is 0 Å². The minimum absolute atomic E-state index is 0.0799. The molecule has 0 aromatic heterocycles. The molecule has 0 saturated heterocycles. The number of rotatable bonds is 4. The molecule has 0 unspecified atom stereocenters. The summed E-state index contributed by atoms with van der Waals surface area (Å²) in [5.74, 6) is 3.75. The van der Waals surface area contributed by atoms with Crippen molar-refractivity contribution < 1.29 is 9.53 Å². The van der Waals surface area contributed by atoms with Crippen molar-refractivity contribution in [2.45, 2.75) is 52.0 Å². The van der Waals surface area contributed by atoms with Crippen LogP contribution in [0.15, 0.2) is 24.3 Å². The van der Waals surface area contributed by atoms with Crippen LogP contribution in [0.1, 0.15) is 50.4 Å². The molecule has 1 aromatic carbocycles. The number of esters is 1. The maximum atomic E-state index is 12.4. The van der Waals surface area contributed by atoms with Crippen LogP contribution < -0.4 is 4.46 Å². The third kappa shape index (κ3) is 4.34. The molecule has 0 heterocycles. The van der Waals surface area contributed by atoms with E-state index in [1.165, 1.54) is 17.3 Å². The molecular formula is C18H26O2Se. The van der Waals surface area contributed by atoms with Gasteiger partial charge in [-0.25, -0.2) is 0 Å². The fourth-order valence-electron chi connectivity index (χ4n) is 3.18. The van der Waals surface area contributed by atoms with Gasteiger partial charge in [0, 0.05) is 0 Å². The average molecular weight is 353 g/mol. The number of hydrogen-bond acceptors (Lipinski definition) is 2. The zero-order valence-corrected chi connectivity index (χ0v) is 15.2. The van der Waals surface area contributed by atoms with Crippen molar-refractivity contribution in [3.8, 4) is 0 Å². The van der Waals surface area contributed by atoms with Crippen molar-refractivity contribution in [3.63, 3.8) is 0 Å². The van der Waals surface area contributed by atoms with Gasteiger partial charge in [0.2, 0.25) is 0 Å². The molecule has 0 aliphatic heterocycles. The molecule has 21 heavy (non-hydrogen) atoms. The van der Waals surface area contributed by atoms with Gasteiger partial charge >= 0.3 is 134 Å². The van der Waals surface area contributed by atoms with Crippen LogP contribution in [0.5, 0.6) is 0 Å². The van der Waals surface area contributed by atoms with Gasteiger partial charge in [0.1, 0.15) is 0 Å². The molecule has 0 bridgehead atoms. The normalized spacial score (nSPS) is 25.9. The van der Waals surface area contributed by atoms with Gasteiger partial charge in [-0.1, -0.05) is 0 Å². The Labute approximate surface area is 134 Å². The van der Waals surface area contributed by atoms with Gasteiger partial charge in [-0.05, 0) is 0 Å². The van der Waals surface area contributed by atoms with Crippen LogP contribution in [0.3, 0.4) is 0 Å². The topological polar surface area (TPSA) is 26.3 Å². The first-order valence-corrected chi connectivity index (χ1v) is 10.4. The first-order valence-electron chi connectivity index (χ1n) is 7.86. The number of carbonyl (C=O) groups excluding carboxylic acids is 1. The summed E-state index contributed by atoms with van der Waals surface area (Å²) in [6, 6.07) is 7.89. The van der Waals surface area contributed by atoms with E-state index < -0.39 is 0 Å². The number of benzene rings is 1. The van der Waals surface area contributed by atoms with E-state index in [4.69, 9.17) is 4.74 Å². The Bertz CT molecular complexity index is 467. The van der Waals surface area contributed by atoms with E-state index in [1.54, 1.807) is 0 Å². The van der Waals surface area contributed by atoms with Crippen LogP contribution in [0.4, 0.5) is 0 Å². The average Bonchev–Trinajstić information content (AvgIpc) is 2.47. The molecule has 1 saturated carbocycles. The molecule has 3 atom stereocenters. The molecule has 0 spiro atoms. The molecule has 1 fully saturated rings. The number of carbonyl (C=O) groups is 1. The molecule has 0 amide bonds. The molecule has 0 radical (unpaired) electrons. The van der Waals surface area contributed by atoms with Gasteiger partial charge in [-0.3, -0.25) is 0 Å². The summed E-state index contributed by atoms with van der Waals surface area (Å²) >= 11 is 0.476. The minimum atomic E-state index is -0.157. The van der Waals surface area contributed by atoms with Crippen molar-refractivity contribution in [1.82, 2.24) is 0 Å². The fraction of sp³-hybridized carbons (Fsp3) is 0.611. The van der Waals surface area contributed by atoms with E-state index in [2.05, 4.69) is 26.6 Å². The Morgan fingerprint density at radius 1 is 1.24 bits per heavy atom. The summed E-state index contributed by atoms with van der Waals surface area (Å²) < 4.78 is 7.17. The SMILES string of the molecule is C[Se]c1ccc(C(=O)O[C@@H]2C[C@H](C)CC[C@H]2C(C)C)cc1. The molecule has 116 valence electrons. The van der Waals surface area contributed by atoms with Crippen LogP contribution in [-0.2, 0) is 4.74 Å². The van der Waals surface area contributed by atoms with Crippen molar-refractivity contribution in [3.05, 3.63) is 29.8 Å². The third-order valence-electron chi connectivity index (χ3n) is 4.55.